The summed E-state index contributed by atoms with van der Waals surface area (Å²) in [6, 6.07) is 20.7. The van der Waals surface area contributed by atoms with Crippen molar-refractivity contribution >= 4 is 17.5 Å². The lowest BCUT2D eigenvalue weighted by Gasteiger charge is -2.26. The van der Waals surface area contributed by atoms with E-state index in [0.29, 0.717) is 29.4 Å². The Morgan fingerprint density at radius 2 is 1.60 bits per heavy atom. The zero-order valence-electron chi connectivity index (χ0n) is 17.0. The highest BCUT2D eigenvalue weighted by Gasteiger charge is 2.47. The predicted molar refractivity (Wildman–Crippen MR) is 116 cm³/mol. The van der Waals surface area contributed by atoms with Gasteiger partial charge in [0.25, 0.3) is 5.91 Å². The first-order chi connectivity index (χ1) is 14.7. The average molecular weight is 399 g/mol. The van der Waals surface area contributed by atoms with Crippen LogP contribution in [-0.2, 0) is 0 Å². The lowest BCUT2D eigenvalue weighted by Crippen LogP contribution is -2.33. The van der Waals surface area contributed by atoms with E-state index >= 15 is 0 Å². The zero-order valence-corrected chi connectivity index (χ0v) is 17.0. The summed E-state index contributed by atoms with van der Waals surface area (Å²) in [5.74, 6) is 1.47. The molecule has 2 saturated heterocycles. The number of carbonyl (C=O) groups excluding carboxylic acids is 1. The molecule has 3 aromatic rings. The Morgan fingerprint density at radius 1 is 0.933 bits per heavy atom. The zero-order chi connectivity index (χ0) is 20.5. The number of aromatic nitrogens is 2. The van der Waals surface area contributed by atoms with Crippen molar-refractivity contribution in [2.75, 3.05) is 32.0 Å². The molecule has 2 aliphatic rings. The van der Waals surface area contributed by atoms with Crippen molar-refractivity contribution in [1.82, 2.24) is 19.8 Å². The Bertz CT molecular complexity index is 1010. The number of benzene rings is 2. The first kappa shape index (κ1) is 18.8. The van der Waals surface area contributed by atoms with Gasteiger partial charge in [0.15, 0.2) is 0 Å². The number of nitrogens with zero attached hydrogens (tertiary/aromatic N) is 4. The molecule has 3 heterocycles. The quantitative estimate of drug-likeness (QED) is 0.726. The van der Waals surface area contributed by atoms with Gasteiger partial charge in [-0.3, -0.25) is 9.69 Å². The molecule has 1 aromatic heterocycles. The van der Waals surface area contributed by atoms with Crippen molar-refractivity contribution < 1.29 is 4.79 Å². The third kappa shape index (κ3) is 3.55. The van der Waals surface area contributed by atoms with Gasteiger partial charge in [-0.1, -0.05) is 48.5 Å². The summed E-state index contributed by atoms with van der Waals surface area (Å²) in [5.41, 5.74) is 2.79. The normalized spacial score (nSPS) is 23.4. The summed E-state index contributed by atoms with van der Waals surface area (Å²) < 4.78 is 0. The molecule has 3 atom stereocenters. The number of hydrogen-bond acceptors (Lipinski definition) is 5. The summed E-state index contributed by atoms with van der Waals surface area (Å²) in [6.45, 7) is 2.59. The van der Waals surface area contributed by atoms with Gasteiger partial charge in [-0.2, -0.15) is 0 Å². The maximum atomic E-state index is 13.1. The molecule has 0 aliphatic carbocycles. The summed E-state index contributed by atoms with van der Waals surface area (Å²) >= 11 is 0. The van der Waals surface area contributed by atoms with Gasteiger partial charge in [-0.25, -0.2) is 9.97 Å². The first-order valence-corrected chi connectivity index (χ1v) is 10.4. The van der Waals surface area contributed by atoms with Gasteiger partial charge in [0.1, 0.15) is 0 Å². The SMILES string of the molecule is CN1C[C@H]2CN(C(=O)c3cnc(Nc4ccccc4)nc3)C[C@H]2[C@@H]1c1ccccc1. The van der Waals surface area contributed by atoms with Crippen LogP contribution in [0.4, 0.5) is 11.6 Å². The molecule has 0 unspecified atom stereocenters. The average Bonchev–Trinajstić information content (AvgIpc) is 3.31. The maximum Gasteiger partial charge on any atom is 0.257 e. The molecule has 2 aliphatic heterocycles. The minimum Gasteiger partial charge on any atom is -0.338 e. The second-order valence-electron chi connectivity index (χ2n) is 8.22. The monoisotopic (exact) mass is 399 g/mol. The van der Waals surface area contributed by atoms with Crippen LogP contribution >= 0.6 is 0 Å². The fraction of sp³-hybridized carbons (Fsp3) is 0.292. The van der Waals surface area contributed by atoms with Crippen LogP contribution in [0.15, 0.2) is 73.1 Å². The van der Waals surface area contributed by atoms with Crippen LogP contribution in [0.25, 0.3) is 0 Å². The number of carbonyl (C=O) groups is 1. The van der Waals surface area contributed by atoms with Crippen LogP contribution in [0.1, 0.15) is 22.0 Å². The molecule has 152 valence electrons. The number of amides is 1. The van der Waals surface area contributed by atoms with Crippen LogP contribution in [0.3, 0.4) is 0 Å². The third-order valence-corrected chi connectivity index (χ3v) is 6.25. The number of anilines is 2. The fourth-order valence-corrected chi connectivity index (χ4v) is 4.91. The number of rotatable bonds is 4. The van der Waals surface area contributed by atoms with Gasteiger partial charge in [-0.15, -0.1) is 0 Å². The molecule has 30 heavy (non-hydrogen) atoms. The smallest absolute Gasteiger partial charge is 0.257 e. The Morgan fingerprint density at radius 3 is 2.30 bits per heavy atom. The van der Waals surface area contributed by atoms with Crippen molar-refractivity contribution in [3.8, 4) is 0 Å². The second-order valence-corrected chi connectivity index (χ2v) is 8.22. The molecule has 0 spiro atoms. The van der Waals surface area contributed by atoms with Crippen LogP contribution < -0.4 is 5.32 Å². The van der Waals surface area contributed by atoms with E-state index in [1.807, 2.05) is 35.2 Å². The van der Waals surface area contributed by atoms with Crippen LogP contribution in [0.5, 0.6) is 0 Å². The lowest BCUT2D eigenvalue weighted by molar-refractivity contribution is 0.0767. The van der Waals surface area contributed by atoms with Crippen molar-refractivity contribution in [2.24, 2.45) is 11.8 Å². The topological polar surface area (TPSA) is 61.4 Å². The van der Waals surface area contributed by atoms with E-state index in [1.165, 1.54) is 5.56 Å². The summed E-state index contributed by atoms with van der Waals surface area (Å²) in [5, 5.41) is 3.15. The van der Waals surface area contributed by atoms with Crippen molar-refractivity contribution in [3.63, 3.8) is 0 Å². The Balaban J connectivity index is 1.27. The second kappa shape index (κ2) is 7.88. The molecule has 6 heteroatoms. The standard InChI is InChI=1S/C24H25N5O/c1-28-14-19-15-29(16-21(19)22(28)17-8-4-2-5-9-17)23(30)18-12-25-24(26-13-18)27-20-10-6-3-7-11-20/h2-13,19,21-22H,14-16H2,1H3,(H,25,26,27)/t19-,21+,22-/m0/s1. The molecule has 1 amide bonds. The minimum absolute atomic E-state index is 0.0186. The van der Waals surface area contributed by atoms with E-state index < -0.39 is 0 Å². The molecule has 1 N–H and O–H groups in total. The van der Waals surface area contributed by atoms with Gasteiger partial charge < -0.3 is 10.2 Å². The number of nitrogens with one attached hydrogen (secondary N) is 1. The minimum atomic E-state index is 0.0186. The molecular weight excluding hydrogens is 374 g/mol. The molecule has 5 rings (SSSR count). The predicted octanol–water partition coefficient (Wildman–Crippen LogP) is 3.60. The molecule has 6 nitrogen and oxygen atoms in total. The van der Waals surface area contributed by atoms with E-state index in [2.05, 4.69) is 57.6 Å². The third-order valence-electron chi connectivity index (χ3n) is 6.25. The highest BCUT2D eigenvalue weighted by Crippen LogP contribution is 2.44. The Labute approximate surface area is 176 Å². The van der Waals surface area contributed by atoms with Crippen molar-refractivity contribution in [2.45, 2.75) is 6.04 Å². The molecule has 0 bridgehead atoms. The largest absolute Gasteiger partial charge is 0.338 e. The van der Waals surface area contributed by atoms with E-state index in [9.17, 15) is 4.79 Å². The van der Waals surface area contributed by atoms with Gasteiger partial charge in [0.2, 0.25) is 5.95 Å². The van der Waals surface area contributed by atoms with Gasteiger partial charge >= 0.3 is 0 Å². The lowest BCUT2D eigenvalue weighted by atomic mass is 9.90. The number of hydrogen-bond donors (Lipinski definition) is 1. The van der Waals surface area contributed by atoms with Crippen LogP contribution in [-0.4, -0.2) is 52.4 Å². The molecule has 2 aromatic carbocycles. The van der Waals surface area contributed by atoms with Crippen LogP contribution in [0.2, 0.25) is 0 Å². The Kier molecular flexibility index (Phi) is 4.93. The van der Waals surface area contributed by atoms with Crippen molar-refractivity contribution in [3.05, 3.63) is 84.2 Å². The highest BCUT2D eigenvalue weighted by molar-refractivity contribution is 5.94. The Hall–Kier alpha value is -3.25. The van der Waals surface area contributed by atoms with Gasteiger partial charge in [0, 0.05) is 49.7 Å². The van der Waals surface area contributed by atoms with Crippen molar-refractivity contribution in [1.29, 1.82) is 0 Å². The summed E-state index contributed by atoms with van der Waals surface area (Å²) in [6.07, 6.45) is 3.24. The van der Waals surface area contributed by atoms with E-state index in [4.69, 9.17) is 0 Å². The summed E-state index contributed by atoms with van der Waals surface area (Å²) in [4.78, 5) is 26.2. The molecular formula is C24H25N5O. The highest BCUT2D eigenvalue weighted by atomic mass is 16.2. The summed E-state index contributed by atoms with van der Waals surface area (Å²) in [7, 11) is 2.19. The van der Waals surface area contributed by atoms with E-state index in [1.54, 1.807) is 12.4 Å². The van der Waals surface area contributed by atoms with Gasteiger partial charge in [0.05, 0.1) is 5.56 Å². The molecule has 2 fully saturated rings. The fourth-order valence-electron chi connectivity index (χ4n) is 4.91. The first-order valence-electron chi connectivity index (χ1n) is 10.4. The number of para-hydroxylation sites is 1. The van der Waals surface area contributed by atoms with Gasteiger partial charge in [-0.05, 0) is 30.7 Å². The number of likely N-dealkylation sites (tertiary alicyclic amines) is 2. The van der Waals surface area contributed by atoms with Crippen LogP contribution in [0, 0.1) is 11.8 Å². The number of fused-ring (bicyclic) bond motifs is 1. The molecule has 0 radical (unpaired) electrons. The maximum absolute atomic E-state index is 13.1. The van der Waals surface area contributed by atoms with E-state index in [-0.39, 0.29) is 5.91 Å². The molecule has 0 saturated carbocycles. The van der Waals surface area contributed by atoms with E-state index in [0.717, 1.165) is 25.3 Å².